The molecule has 1 amide bonds. The summed E-state index contributed by atoms with van der Waals surface area (Å²) >= 11 is 4.54. The maximum atomic E-state index is 12.1. The van der Waals surface area contributed by atoms with Gasteiger partial charge in [0.05, 0.1) is 11.9 Å². The average Bonchev–Trinajstić information content (AvgIpc) is 3.00. The molecule has 0 saturated heterocycles. The van der Waals surface area contributed by atoms with Gasteiger partial charge < -0.3 is 10.5 Å². The summed E-state index contributed by atoms with van der Waals surface area (Å²) in [4.78, 5) is 16.6. The summed E-state index contributed by atoms with van der Waals surface area (Å²) in [5.41, 5.74) is 10.5. The van der Waals surface area contributed by atoms with Crippen LogP contribution in [0.15, 0.2) is 58.1 Å². The van der Waals surface area contributed by atoms with Gasteiger partial charge in [-0.05, 0) is 36.8 Å². The quantitative estimate of drug-likeness (QED) is 0.441. The lowest BCUT2D eigenvalue weighted by atomic mass is 10.2. The third-order valence-corrected chi connectivity index (χ3v) is 5.13. The van der Waals surface area contributed by atoms with Crippen molar-refractivity contribution in [1.82, 2.24) is 10.4 Å². The Morgan fingerprint density at radius 2 is 2.04 bits per heavy atom. The number of nitrogens with zero attached hydrogens (tertiary/aromatic N) is 2. The predicted molar refractivity (Wildman–Crippen MR) is 111 cm³/mol. The van der Waals surface area contributed by atoms with E-state index in [0.29, 0.717) is 28.1 Å². The molecule has 1 heterocycles. The van der Waals surface area contributed by atoms with Crippen molar-refractivity contribution in [2.45, 2.75) is 13.5 Å². The number of anilines is 1. The van der Waals surface area contributed by atoms with Crippen molar-refractivity contribution in [2.75, 3.05) is 5.73 Å². The van der Waals surface area contributed by atoms with Crippen LogP contribution in [0.25, 0.3) is 0 Å². The number of carbonyl (C=O) groups excluding carboxylic acids is 1. The minimum absolute atomic E-state index is 0.341. The lowest BCUT2D eigenvalue weighted by Gasteiger charge is -2.09. The van der Waals surface area contributed by atoms with E-state index in [1.165, 1.54) is 0 Å². The topological polar surface area (TPSA) is 89.6 Å². The number of nitrogens with one attached hydrogen (secondary N) is 1. The predicted octanol–water partition coefficient (Wildman–Crippen LogP) is 4.14. The first-order valence-electron chi connectivity index (χ1n) is 8.05. The van der Waals surface area contributed by atoms with Gasteiger partial charge in [-0.25, -0.2) is 10.4 Å². The Morgan fingerprint density at radius 1 is 1.30 bits per heavy atom. The Balaban J connectivity index is 1.64. The fourth-order valence-corrected chi connectivity index (χ4v) is 3.29. The number of para-hydroxylation sites is 1. The van der Waals surface area contributed by atoms with Crippen molar-refractivity contribution in [3.05, 3.63) is 74.7 Å². The fraction of sp³-hybridized carbons (Fsp3) is 0.105. The molecule has 1 aromatic heterocycles. The molecule has 27 heavy (non-hydrogen) atoms. The van der Waals surface area contributed by atoms with Gasteiger partial charge in [0.2, 0.25) is 0 Å². The van der Waals surface area contributed by atoms with Crippen LogP contribution in [-0.2, 0) is 6.61 Å². The SMILES string of the molecule is Cc1nc(N)sc1C(=O)NN=Cc1ccccc1OCc1ccc(Br)cc1. The summed E-state index contributed by atoms with van der Waals surface area (Å²) in [6, 6.07) is 15.4. The van der Waals surface area contributed by atoms with E-state index in [1.54, 1.807) is 13.1 Å². The maximum Gasteiger partial charge on any atom is 0.283 e. The first-order chi connectivity index (χ1) is 13.0. The van der Waals surface area contributed by atoms with E-state index in [1.807, 2.05) is 48.5 Å². The Kier molecular flexibility index (Phi) is 6.20. The number of aromatic nitrogens is 1. The number of hydrazone groups is 1. The second-order valence-electron chi connectivity index (χ2n) is 5.62. The van der Waals surface area contributed by atoms with Gasteiger partial charge >= 0.3 is 0 Å². The molecule has 8 heteroatoms. The Labute approximate surface area is 169 Å². The van der Waals surface area contributed by atoms with Crippen LogP contribution in [0.5, 0.6) is 5.75 Å². The van der Waals surface area contributed by atoms with Crippen molar-refractivity contribution in [3.63, 3.8) is 0 Å². The molecule has 0 atom stereocenters. The van der Waals surface area contributed by atoms with Gasteiger partial charge in [-0.1, -0.05) is 51.5 Å². The van der Waals surface area contributed by atoms with E-state index in [4.69, 9.17) is 10.5 Å². The monoisotopic (exact) mass is 444 g/mol. The van der Waals surface area contributed by atoms with Gasteiger partial charge in [-0.15, -0.1) is 0 Å². The maximum absolute atomic E-state index is 12.1. The van der Waals surface area contributed by atoms with Gasteiger partial charge in [0, 0.05) is 10.0 Å². The molecule has 0 aliphatic rings. The third-order valence-electron chi connectivity index (χ3n) is 3.62. The van der Waals surface area contributed by atoms with Gasteiger partial charge in [0.1, 0.15) is 17.2 Å². The molecule has 0 aliphatic heterocycles. The molecule has 3 N–H and O–H groups in total. The number of rotatable bonds is 6. The zero-order valence-corrected chi connectivity index (χ0v) is 16.9. The number of nitrogens with two attached hydrogens (primary N) is 1. The van der Waals surface area contributed by atoms with Crippen LogP contribution in [0.1, 0.15) is 26.5 Å². The van der Waals surface area contributed by atoms with E-state index < -0.39 is 0 Å². The molecule has 0 fully saturated rings. The molecule has 138 valence electrons. The molecular formula is C19H17BrN4O2S. The fourth-order valence-electron chi connectivity index (χ4n) is 2.30. The number of hydrogen-bond donors (Lipinski definition) is 2. The number of hydrogen-bond acceptors (Lipinski definition) is 6. The second kappa shape index (κ2) is 8.79. The minimum atomic E-state index is -0.341. The van der Waals surface area contributed by atoms with Crippen LogP contribution in [-0.4, -0.2) is 17.1 Å². The molecule has 0 aliphatic carbocycles. The highest BCUT2D eigenvalue weighted by Crippen LogP contribution is 2.20. The smallest absolute Gasteiger partial charge is 0.283 e. The van der Waals surface area contributed by atoms with Crippen LogP contribution in [0.4, 0.5) is 5.13 Å². The number of halogens is 1. The van der Waals surface area contributed by atoms with Crippen molar-refractivity contribution in [2.24, 2.45) is 5.10 Å². The molecule has 0 unspecified atom stereocenters. The highest BCUT2D eigenvalue weighted by molar-refractivity contribution is 9.10. The molecule has 2 aromatic carbocycles. The highest BCUT2D eigenvalue weighted by atomic mass is 79.9. The Morgan fingerprint density at radius 3 is 2.74 bits per heavy atom. The first-order valence-corrected chi connectivity index (χ1v) is 9.66. The Bertz CT molecular complexity index is 970. The van der Waals surface area contributed by atoms with Gasteiger partial charge in [-0.3, -0.25) is 4.79 Å². The van der Waals surface area contributed by atoms with E-state index in [2.05, 4.69) is 31.4 Å². The molecule has 3 rings (SSSR count). The number of thiazole rings is 1. The lowest BCUT2D eigenvalue weighted by molar-refractivity contribution is 0.0958. The van der Waals surface area contributed by atoms with E-state index in [0.717, 1.165) is 26.9 Å². The summed E-state index contributed by atoms with van der Waals surface area (Å²) in [7, 11) is 0. The van der Waals surface area contributed by atoms with E-state index in [9.17, 15) is 4.79 Å². The first kappa shape index (κ1) is 19.1. The summed E-state index contributed by atoms with van der Waals surface area (Å²) in [6.45, 7) is 2.17. The molecule has 3 aromatic rings. The molecule has 0 bridgehead atoms. The lowest BCUT2D eigenvalue weighted by Crippen LogP contribution is -2.17. The molecule has 0 saturated carbocycles. The van der Waals surface area contributed by atoms with Crippen LogP contribution in [0.3, 0.4) is 0 Å². The standard InChI is InChI=1S/C19H17BrN4O2S/c1-12-17(27-19(21)23-12)18(25)24-22-10-14-4-2-3-5-16(14)26-11-13-6-8-15(20)9-7-13/h2-10H,11H2,1H3,(H2,21,23)(H,24,25). The van der Waals surface area contributed by atoms with Gasteiger partial charge in [-0.2, -0.15) is 5.10 Å². The van der Waals surface area contributed by atoms with Crippen molar-refractivity contribution < 1.29 is 9.53 Å². The number of nitrogen functional groups attached to an aromatic ring is 1. The highest BCUT2D eigenvalue weighted by Gasteiger charge is 2.13. The molecule has 6 nitrogen and oxygen atoms in total. The zero-order chi connectivity index (χ0) is 19.2. The normalized spacial score (nSPS) is 10.9. The van der Waals surface area contributed by atoms with Gasteiger partial charge in [0.25, 0.3) is 5.91 Å². The summed E-state index contributed by atoms with van der Waals surface area (Å²) < 4.78 is 6.90. The number of amides is 1. The third kappa shape index (κ3) is 5.15. The van der Waals surface area contributed by atoms with Crippen LogP contribution in [0, 0.1) is 6.92 Å². The van der Waals surface area contributed by atoms with Crippen LogP contribution < -0.4 is 15.9 Å². The van der Waals surface area contributed by atoms with Crippen LogP contribution in [0.2, 0.25) is 0 Å². The van der Waals surface area contributed by atoms with E-state index >= 15 is 0 Å². The summed E-state index contributed by atoms with van der Waals surface area (Å²) in [5.74, 6) is 0.336. The summed E-state index contributed by atoms with van der Waals surface area (Å²) in [6.07, 6.45) is 1.55. The van der Waals surface area contributed by atoms with Crippen molar-refractivity contribution in [3.8, 4) is 5.75 Å². The summed E-state index contributed by atoms with van der Waals surface area (Å²) in [5, 5.41) is 4.38. The number of benzene rings is 2. The largest absolute Gasteiger partial charge is 0.488 e. The Hall–Kier alpha value is -2.71. The van der Waals surface area contributed by atoms with E-state index in [-0.39, 0.29) is 5.91 Å². The molecule has 0 spiro atoms. The number of aryl methyl sites for hydroxylation is 1. The number of ether oxygens (including phenoxy) is 1. The van der Waals surface area contributed by atoms with Gasteiger partial charge in [0.15, 0.2) is 5.13 Å². The van der Waals surface area contributed by atoms with Crippen molar-refractivity contribution in [1.29, 1.82) is 0 Å². The number of carbonyl (C=O) groups is 1. The molecule has 0 radical (unpaired) electrons. The van der Waals surface area contributed by atoms with Crippen molar-refractivity contribution >= 4 is 44.5 Å². The average molecular weight is 445 g/mol. The second-order valence-corrected chi connectivity index (χ2v) is 7.57. The zero-order valence-electron chi connectivity index (χ0n) is 14.5. The molecular weight excluding hydrogens is 428 g/mol. The van der Waals surface area contributed by atoms with Crippen LogP contribution >= 0.6 is 27.3 Å². The minimum Gasteiger partial charge on any atom is -0.488 e.